The lowest BCUT2D eigenvalue weighted by atomic mass is 10.1. The molecule has 2 aromatic rings. The summed E-state index contributed by atoms with van der Waals surface area (Å²) in [5, 5.41) is 14.8. The van der Waals surface area contributed by atoms with Gasteiger partial charge in [0.2, 0.25) is 0 Å². The van der Waals surface area contributed by atoms with E-state index in [9.17, 15) is 14.9 Å². The summed E-state index contributed by atoms with van der Waals surface area (Å²) < 4.78 is 5.34. The third kappa shape index (κ3) is 4.16. The number of carbonyl (C=O) groups excluding carboxylic acids is 1. The third-order valence-corrected chi connectivity index (χ3v) is 3.32. The molecule has 0 saturated heterocycles. The Morgan fingerprint density at radius 3 is 2.62 bits per heavy atom. The molecule has 0 aliphatic rings. The van der Waals surface area contributed by atoms with E-state index in [1.54, 1.807) is 24.3 Å². The van der Waals surface area contributed by atoms with Gasteiger partial charge in [0.1, 0.15) is 5.75 Å². The highest BCUT2D eigenvalue weighted by molar-refractivity contribution is 5.97. The molecule has 0 saturated carbocycles. The van der Waals surface area contributed by atoms with Crippen molar-refractivity contribution in [3.63, 3.8) is 0 Å². The maximum Gasteiger partial charge on any atom is 0.273 e. The van der Waals surface area contributed by atoms with E-state index in [0.717, 1.165) is 11.3 Å². The van der Waals surface area contributed by atoms with Gasteiger partial charge in [-0.2, -0.15) is 5.10 Å². The molecule has 0 bridgehead atoms. The molecule has 24 heavy (non-hydrogen) atoms. The van der Waals surface area contributed by atoms with Gasteiger partial charge in [-0.25, -0.2) is 5.43 Å². The number of amides is 1. The summed E-state index contributed by atoms with van der Waals surface area (Å²) >= 11 is 0. The van der Waals surface area contributed by atoms with E-state index in [1.807, 2.05) is 6.92 Å². The van der Waals surface area contributed by atoms with Crippen LogP contribution in [0.25, 0.3) is 0 Å². The molecule has 0 radical (unpaired) electrons. The Bertz CT molecular complexity index is 770. The fourth-order valence-electron chi connectivity index (χ4n) is 2.11. The highest BCUT2D eigenvalue weighted by atomic mass is 16.6. The Labute approximate surface area is 139 Å². The van der Waals surface area contributed by atoms with E-state index < -0.39 is 10.8 Å². The summed E-state index contributed by atoms with van der Waals surface area (Å²) in [5.74, 6) is 0.254. The second-order valence-corrected chi connectivity index (χ2v) is 4.91. The Hall–Kier alpha value is -3.22. The van der Waals surface area contributed by atoms with Gasteiger partial charge in [-0.15, -0.1) is 0 Å². The zero-order valence-corrected chi connectivity index (χ0v) is 13.4. The van der Waals surface area contributed by atoms with Crippen LogP contribution in [0.4, 0.5) is 5.69 Å². The van der Waals surface area contributed by atoms with Crippen molar-refractivity contribution >= 4 is 17.8 Å². The number of nitrogens with zero attached hydrogens (tertiary/aromatic N) is 2. The van der Waals surface area contributed by atoms with Gasteiger partial charge in [0.05, 0.1) is 23.3 Å². The zero-order valence-electron chi connectivity index (χ0n) is 13.4. The van der Waals surface area contributed by atoms with Crippen LogP contribution in [0.15, 0.2) is 47.6 Å². The summed E-state index contributed by atoms with van der Waals surface area (Å²) in [6.45, 7) is 4.02. The van der Waals surface area contributed by atoms with Crippen LogP contribution in [-0.4, -0.2) is 23.7 Å². The second-order valence-electron chi connectivity index (χ2n) is 4.91. The van der Waals surface area contributed by atoms with E-state index in [4.69, 9.17) is 4.74 Å². The minimum atomic E-state index is -0.519. The maximum atomic E-state index is 12.1. The van der Waals surface area contributed by atoms with Gasteiger partial charge in [0.15, 0.2) is 0 Å². The standard InChI is InChI=1S/C17H17N3O4/c1-3-24-14-9-7-13(8-10-14)11-18-19-17(21)15-5-4-6-16(12(15)2)20(22)23/h4-11H,3H2,1-2H3,(H,19,21). The van der Waals surface area contributed by atoms with Crippen LogP contribution < -0.4 is 10.2 Å². The fraction of sp³-hybridized carbons (Fsp3) is 0.176. The topological polar surface area (TPSA) is 93.8 Å². The lowest BCUT2D eigenvalue weighted by molar-refractivity contribution is -0.385. The molecule has 2 aromatic carbocycles. The number of nitro benzene ring substituents is 1. The Morgan fingerprint density at radius 2 is 2.00 bits per heavy atom. The first-order valence-corrected chi connectivity index (χ1v) is 7.33. The van der Waals surface area contributed by atoms with Crippen molar-refractivity contribution in [2.24, 2.45) is 5.10 Å². The van der Waals surface area contributed by atoms with Gasteiger partial charge in [-0.05, 0) is 49.7 Å². The number of hydrogen-bond donors (Lipinski definition) is 1. The minimum absolute atomic E-state index is 0.0989. The van der Waals surface area contributed by atoms with Gasteiger partial charge >= 0.3 is 0 Å². The maximum absolute atomic E-state index is 12.1. The van der Waals surface area contributed by atoms with Crippen molar-refractivity contribution in [2.75, 3.05) is 6.61 Å². The predicted octanol–water partition coefficient (Wildman–Crippen LogP) is 3.07. The highest BCUT2D eigenvalue weighted by Crippen LogP contribution is 2.20. The number of nitrogens with one attached hydrogen (secondary N) is 1. The number of carbonyl (C=O) groups is 1. The Morgan fingerprint density at radius 1 is 1.29 bits per heavy atom. The minimum Gasteiger partial charge on any atom is -0.494 e. The summed E-state index contributed by atoms with van der Waals surface area (Å²) in [4.78, 5) is 22.5. The molecule has 0 atom stereocenters. The lowest BCUT2D eigenvalue weighted by Gasteiger charge is -2.04. The van der Waals surface area contributed by atoms with Crippen LogP contribution in [0.5, 0.6) is 5.75 Å². The number of rotatable bonds is 6. The smallest absolute Gasteiger partial charge is 0.273 e. The summed E-state index contributed by atoms with van der Waals surface area (Å²) in [6.07, 6.45) is 1.49. The molecule has 0 heterocycles. The highest BCUT2D eigenvalue weighted by Gasteiger charge is 2.17. The molecule has 1 amide bonds. The van der Waals surface area contributed by atoms with Crippen molar-refractivity contribution in [1.82, 2.24) is 5.43 Å². The van der Waals surface area contributed by atoms with Crippen molar-refractivity contribution in [1.29, 1.82) is 0 Å². The number of hydrazone groups is 1. The van der Waals surface area contributed by atoms with Crippen LogP contribution >= 0.6 is 0 Å². The molecule has 0 spiro atoms. The summed E-state index contributed by atoms with van der Waals surface area (Å²) in [7, 11) is 0. The molecule has 7 nitrogen and oxygen atoms in total. The molecule has 0 aliphatic carbocycles. The van der Waals surface area contributed by atoms with Gasteiger partial charge in [0.25, 0.3) is 11.6 Å². The van der Waals surface area contributed by atoms with Crippen LogP contribution in [0, 0.1) is 17.0 Å². The molecule has 7 heteroatoms. The summed E-state index contributed by atoms with van der Waals surface area (Å²) in [5.41, 5.74) is 3.58. The molecule has 0 fully saturated rings. The number of hydrogen-bond acceptors (Lipinski definition) is 5. The Kier molecular flexibility index (Phi) is 5.62. The molecule has 0 unspecified atom stereocenters. The third-order valence-electron chi connectivity index (χ3n) is 3.32. The first-order valence-electron chi connectivity index (χ1n) is 7.33. The van der Waals surface area contributed by atoms with Crippen molar-refractivity contribution in [2.45, 2.75) is 13.8 Å². The van der Waals surface area contributed by atoms with Gasteiger partial charge < -0.3 is 4.74 Å². The largest absolute Gasteiger partial charge is 0.494 e. The van der Waals surface area contributed by atoms with Gasteiger partial charge in [0, 0.05) is 11.6 Å². The van der Waals surface area contributed by atoms with E-state index >= 15 is 0 Å². The van der Waals surface area contributed by atoms with Crippen LogP contribution in [0.1, 0.15) is 28.4 Å². The van der Waals surface area contributed by atoms with E-state index in [1.165, 1.54) is 31.3 Å². The zero-order chi connectivity index (χ0) is 17.5. The van der Waals surface area contributed by atoms with Crippen LogP contribution in [0.3, 0.4) is 0 Å². The van der Waals surface area contributed by atoms with E-state index in [-0.39, 0.29) is 11.3 Å². The molecule has 1 N–H and O–H groups in total. The SMILES string of the molecule is CCOc1ccc(C=NNC(=O)c2cccc([N+](=O)[O-])c2C)cc1. The Balaban J connectivity index is 2.05. The quantitative estimate of drug-likeness (QED) is 0.501. The number of nitro groups is 1. The van der Waals surface area contributed by atoms with E-state index in [2.05, 4.69) is 10.5 Å². The predicted molar refractivity (Wildman–Crippen MR) is 90.5 cm³/mol. The molecule has 2 rings (SSSR count). The van der Waals surface area contributed by atoms with Crippen molar-refractivity contribution in [3.8, 4) is 5.75 Å². The molecule has 0 aliphatic heterocycles. The number of benzene rings is 2. The molecule has 0 aromatic heterocycles. The molecule has 124 valence electrons. The van der Waals surface area contributed by atoms with E-state index in [0.29, 0.717) is 12.2 Å². The second kappa shape index (κ2) is 7.87. The molecular weight excluding hydrogens is 310 g/mol. The van der Waals surface area contributed by atoms with Crippen LogP contribution in [-0.2, 0) is 0 Å². The van der Waals surface area contributed by atoms with Crippen molar-refractivity contribution < 1.29 is 14.5 Å². The van der Waals surface area contributed by atoms with Crippen molar-refractivity contribution in [3.05, 3.63) is 69.3 Å². The summed E-state index contributed by atoms with van der Waals surface area (Å²) in [6, 6.07) is 11.6. The average Bonchev–Trinajstić information content (AvgIpc) is 2.56. The average molecular weight is 327 g/mol. The lowest BCUT2D eigenvalue weighted by Crippen LogP contribution is -2.19. The fourth-order valence-corrected chi connectivity index (χ4v) is 2.11. The van der Waals surface area contributed by atoms with Gasteiger partial charge in [-0.3, -0.25) is 14.9 Å². The van der Waals surface area contributed by atoms with Crippen LogP contribution in [0.2, 0.25) is 0 Å². The number of ether oxygens (including phenoxy) is 1. The first-order chi connectivity index (χ1) is 11.5. The molecular formula is C17H17N3O4. The normalized spacial score (nSPS) is 10.6. The monoisotopic (exact) mass is 327 g/mol. The first kappa shape index (κ1) is 17.1. The van der Waals surface area contributed by atoms with Gasteiger partial charge in [-0.1, -0.05) is 6.07 Å².